The number of hydrogen-bond donors (Lipinski definition) is 1. The Morgan fingerprint density at radius 1 is 1.03 bits per heavy atom. The molecule has 1 aliphatic heterocycles. The maximum absolute atomic E-state index is 12.7. The Hall–Kier alpha value is -3.00. The molecular formula is C23H24N4O3S. The number of piperazine rings is 1. The molecule has 2 amide bonds. The third-order valence-corrected chi connectivity index (χ3v) is 7.33. The average molecular weight is 437 g/mol. The highest BCUT2D eigenvalue weighted by Crippen LogP contribution is 2.34. The molecule has 0 unspecified atom stereocenters. The van der Waals surface area contributed by atoms with Gasteiger partial charge in [-0.15, -0.1) is 11.3 Å². The van der Waals surface area contributed by atoms with E-state index in [-0.39, 0.29) is 17.4 Å². The van der Waals surface area contributed by atoms with Crippen molar-refractivity contribution in [3.63, 3.8) is 0 Å². The minimum absolute atomic E-state index is 0.00521. The molecule has 2 aromatic heterocycles. The van der Waals surface area contributed by atoms with Crippen LogP contribution in [0.2, 0.25) is 0 Å². The van der Waals surface area contributed by atoms with Crippen LogP contribution in [0.1, 0.15) is 39.5 Å². The smallest absolute Gasteiger partial charge is 0.259 e. The topological polar surface area (TPSA) is 86.4 Å². The predicted octanol–water partition coefficient (Wildman–Crippen LogP) is 2.39. The van der Waals surface area contributed by atoms with Crippen molar-refractivity contribution < 1.29 is 9.59 Å². The first-order valence-electron chi connectivity index (χ1n) is 10.8. The fraction of sp³-hybridized carbons (Fsp3) is 0.391. The van der Waals surface area contributed by atoms with Crippen molar-refractivity contribution in [1.82, 2.24) is 19.8 Å². The van der Waals surface area contributed by atoms with E-state index in [1.54, 1.807) is 21.1 Å². The first-order chi connectivity index (χ1) is 15.1. The number of benzene rings is 1. The Labute approximate surface area is 183 Å². The van der Waals surface area contributed by atoms with Crippen LogP contribution in [0.4, 0.5) is 0 Å². The van der Waals surface area contributed by atoms with Gasteiger partial charge in [0, 0.05) is 49.5 Å². The maximum atomic E-state index is 12.7. The normalized spacial score (nSPS) is 16.0. The first-order valence-corrected chi connectivity index (χ1v) is 11.6. The van der Waals surface area contributed by atoms with E-state index >= 15 is 0 Å². The molecule has 1 fully saturated rings. The summed E-state index contributed by atoms with van der Waals surface area (Å²) in [5.74, 6) is 0.609. The molecule has 1 aliphatic carbocycles. The van der Waals surface area contributed by atoms with Gasteiger partial charge in [0.05, 0.1) is 5.39 Å². The molecule has 3 heterocycles. The molecule has 0 radical (unpaired) electrons. The van der Waals surface area contributed by atoms with Crippen molar-refractivity contribution in [3.8, 4) is 0 Å². The zero-order chi connectivity index (χ0) is 21.4. The second kappa shape index (κ2) is 8.26. The predicted molar refractivity (Wildman–Crippen MR) is 120 cm³/mol. The van der Waals surface area contributed by atoms with E-state index in [0.717, 1.165) is 29.5 Å². The molecule has 3 aromatic rings. The summed E-state index contributed by atoms with van der Waals surface area (Å²) in [7, 11) is 0. The summed E-state index contributed by atoms with van der Waals surface area (Å²) in [6.45, 7) is 2.11. The average Bonchev–Trinajstić information content (AvgIpc) is 3.38. The van der Waals surface area contributed by atoms with Crippen molar-refractivity contribution in [2.45, 2.75) is 32.1 Å². The highest BCUT2D eigenvalue weighted by molar-refractivity contribution is 7.18. The largest absolute Gasteiger partial charge is 0.339 e. The minimum Gasteiger partial charge on any atom is -0.339 e. The summed E-state index contributed by atoms with van der Waals surface area (Å²) in [6.07, 6.45) is 3.80. The number of carbonyl (C=O) groups is 2. The van der Waals surface area contributed by atoms with Gasteiger partial charge in [0.2, 0.25) is 5.91 Å². The van der Waals surface area contributed by atoms with Crippen LogP contribution in [0, 0.1) is 0 Å². The second-order valence-electron chi connectivity index (χ2n) is 8.09. The highest BCUT2D eigenvalue weighted by atomic mass is 32.1. The van der Waals surface area contributed by atoms with Crippen LogP contribution in [0.5, 0.6) is 0 Å². The number of nitrogens with zero attached hydrogens (tertiary/aromatic N) is 3. The fourth-order valence-electron chi connectivity index (χ4n) is 4.47. The van der Waals surface area contributed by atoms with E-state index < -0.39 is 0 Å². The molecule has 2 aliphatic rings. The van der Waals surface area contributed by atoms with Crippen molar-refractivity contribution in [3.05, 3.63) is 62.5 Å². The van der Waals surface area contributed by atoms with Gasteiger partial charge >= 0.3 is 0 Å². The number of hydrogen-bond acceptors (Lipinski definition) is 5. The second-order valence-corrected chi connectivity index (χ2v) is 9.17. The van der Waals surface area contributed by atoms with Crippen molar-refractivity contribution in [2.24, 2.45) is 0 Å². The third kappa shape index (κ3) is 3.87. The molecule has 0 saturated carbocycles. The molecule has 31 heavy (non-hydrogen) atoms. The van der Waals surface area contributed by atoms with Gasteiger partial charge in [-0.05, 0) is 37.0 Å². The van der Waals surface area contributed by atoms with Crippen molar-refractivity contribution in [2.75, 3.05) is 26.2 Å². The van der Waals surface area contributed by atoms with E-state index in [2.05, 4.69) is 9.97 Å². The number of fused-ring (bicyclic) bond motifs is 3. The van der Waals surface area contributed by atoms with E-state index in [1.165, 1.54) is 10.4 Å². The lowest BCUT2D eigenvalue weighted by Crippen LogP contribution is -2.50. The molecule has 1 aromatic carbocycles. The maximum Gasteiger partial charge on any atom is 0.259 e. The number of aromatic amines is 1. The molecule has 1 N–H and O–H groups in total. The molecule has 0 bridgehead atoms. The zero-order valence-corrected chi connectivity index (χ0v) is 18.0. The van der Waals surface area contributed by atoms with Crippen LogP contribution in [0.15, 0.2) is 35.1 Å². The van der Waals surface area contributed by atoms with Crippen molar-refractivity contribution in [1.29, 1.82) is 0 Å². The quantitative estimate of drug-likeness (QED) is 0.680. The van der Waals surface area contributed by atoms with Gasteiger partial charge in [-0.3, -0.25) is 14.4 Å². The van der Waals surface area contributed by atoms with Gasteiger partial charge < -0.3 is 14.8 Å². The number of aryl methyl sites for hydroxylation is 3. The molecule has 5 rings (SSSR count). The van der Waals surface area contributed by atoms with Crippen LogP contribution in [0.25, 0.3) is 10.2 Å². The lowest BCUT2D eigenvalue weighted by atomic mass is 10.1. The lowest BCUT2D eigenvalue weighted by molar-refractivity contribution is -0.132. The first kappa shape index (κ1) is 19.9. The number of thiophene rings is 1. The van der Waals surface area contributed by atoms with E-state index in [1.807, 2.05) is 30.3 Å². The molecule has 8 heteroatoms. The molecular weight excluding hydrogens is 412 g/mol. The molecule has 0 spiro atoms. The Morgan fingerprint density at radius 3 is 2.55 bits per heavy atom. The van der Waals surface area contributed by atoms with Gasteiger partial charge in [-0.2, -0.15) is 0 Å². The molecule has 1 saturated heterocycles. The summed E-state index contributed by atoms with van der Waals surface area (Å²) in [5.41, 5.74) is 1.76. The Kier molecular flexibility index (Phi) is 5.31. The summed E-state index contributed by atoms with van der Waals surface area (Å²) >= 11 is 1.61. The van der Waals surface area contributed by atoms with Crippen LogP contribution in [0.3, 0.4) is 0 Å². The summed E-state index contributed by atoms with van der Waals surface area (Å²) in [4.78, 5) is 51.0. The van der Waals surface area contributed by atoms with Gasteiger partial charge in [0.1, 0.15) is 10.7 Å². The Balaban J connectivity index is 1.18. The summed E-state index contributed by atoms with van der Waals surface area (Å²) in [6, 6.07) is 9.22. The standard InChI is InChI=1S/C23H24N4O3S/c28-19(26-11-13-27(14-12-26)23(30)15-5-2-1-3-6-15)10-9-18-24-21(29)20-16-7-4-8-17(16)31-22(20)25-18/h1-3,5-6H,4,7-14H2,(H,24,25,29). The highest BCUT2D eigenvalue weighted by Gasteiger charge is 2.25. The number of nitrogens with one attached hydrogen (secondary N) is 1. The van der Waals surface area contributed by atoms with Crippen molar-refractivity contribution >= 4 is 33.4 Å². The SMILES string of the molecule is O=C(CCc1nc2sc3c(c2c(=O)[nH]1)CCC3)N1CCN(C(=O)c2ccccc2)CC1. The van der Waals surface area contributed by atoms with Crippen LogP contribution < -0.4 is 5.56 Å². The van der Waals surface area contributed by atoms with Gasteiger partial charge in [-0.25, -0.2) is 4.98 Å². The van der Waals surface area contributed by atoms with Crippen LogP contribution in [-0.4, -0.2) is 57.8 Å². The van der Waals surface area contributed by atoms with Crippen LogP contribution >= 0.6 is 11.3 Å². The monoisotopic (exact) mass is 436 g/mol. The fourth-order valence-corrected chi connectivity index (χ4v) is 5.75. The van der Waals surface area contributed by atoms with E-state index in [4.69, 9.17) is 0 Å². The number of amides is 2. The molecule has 7 nitrogen and oxygen atoms in total. The summed E-state index contributed by atoms with van der Waals surface area (Å²) < 4.78 is 0. The minimum atomic E-state index is -0.0834. The number of H-pyrrole nitrogens is 1. The van der Waals surface area contributed by atoms with E-state index in [0.29, 0.717) is 50.4 Å². The number of carbonyl (C=O) groups excluding carboxylic acids is 2. The molecule has 0 atom stereocenters. The number of rotatable bonds is 4. The van der Waals surface area contributed by atoms with E-state index in [9.17, 15) is 14.4 Å². The lowest BCUT2D eigenvalue weighted by Gasteiger charge is -2.34. The Morgan fingerprint density at radius 2 is 1.77 bits per heavy atom. The number of aromatic nitrogens is 2. The van der Waals surface area contributed by atoms with Gasteiger partial charge in [-0.1, -0.05) is 18.2 Å². The third-order valence-electron chi connectivity index (χ3n) is 6.14. The van der Waals surface area contributed by atoms with Gasteiger partial charge in [0.15, 0.2) is 0 Å². The van der Waals surface area contributed by atoms with Crippen LogP contribution in [-0.2, 0) is 24.1 Å². The zero-order valence-electron chi connectivity index (χ0n) is 17.2. The van der Waals surface area contributed by atoms with Gasteiger partial charge in [0.25, 0.3) is 11.5 Å². The Bertz CT molecular complexity index is 1190. The molecule has 160 valence electrons. The summed E-state index contributed by atoms with van der Waals surface area (Å²) in [5, 5.41) is 0.742.